The van der Waals surface area contributed by atoms with Gasteiger partial charge in [0.1, 0.15) is 5.75 Å². The number of aryl methyl sites for hydroxylation is 1. The number of hydrogen-bond acceptors (Lipinski definition) is 4. The highest BCUT2D eigenvalue weighted by atomic mass is 32.2. The Hall–Kier alpha value is -2.54. The highest BCUT2D eigenvalue weighted by molar-refractivity contribution is 7.92. The van der Waals surface area contributed by atoms with Crippen molar-refractivity contribution in [3.8, 4) is 5.75 Å². The quantitative estimate of drug-likeness (QED) is 0.593. The van der Waals surface area contributed by atoms with Gasteiger partial charge in [-0.25, -0.2) is 8.42 Å². The minimum absolute atomic E-state index is 0.134. The van der Waals surface area contributed by atoms with Gasteiger partial charge in [-0.2, -0.15) is 0 Å². The first kappa shape index (κ1) is 22.7. The van der Waals surface area contributed by atoms with Gasteiger partial charge in [0.15, 0.2) is 0 Å². The van der Waals surface area contributed by atoms with Gasteiger partial charge in [-0.05, 0) is 49.1 Å². The number of methoxy groups -OCH3 is 1. The Labute approximate surface area is 173 Å². The van der Waals surface area contributed by atoms with Crippen molar-refractivity contribution in [3.63, 3.8) is 0 Å². The summed E-state index contributed by atoms with van der Waals surface area (Å²) in [6.45, 7) is 2.38. The molecule has 1 amide bonds. The zero-order valence-electron chi connectivity index (χ0n) is 17.3. The van der Waals surface area contributed by atoms with Crippen molar-refractivity contribution in [2.75, 3.05) is 29.5 Å². The number of unbranched alkanes of at least 4 members (excludes halogenated alkanes) is 1. The largest absolute Gasteiger partial charge is 0.497 e. The molecule has 0 atom stereocenters. The van der Waals surface area contributed by atoms with Crippen LogP contribution in [0, 0.1) is 0 Å². The van der Waals surface area contributed by atoms with Crippen molar-refractivity contribution in [1.82, 2.24) is 0 Å². The van der Waals surface area contributed by atoms with E-state index in [2.05, 4.69) is 12.2 Å². The lowest BCUT2D eigenvalue weighted by molar-refractivity contribution is -0.116. The van der Waals surface area contributed by atoms with Crippen LogP contribution >= 0.6 is 0 Å². The van der Waals surface area contributed by atoms with E-state index < -0.39 is 10.0 Å². The number of carbonyl (C=O) groups excluding carboxylic acids is 1. The average molecular weight is 419 g/mol. The van der Waals surface area contributed by atoms with Gasteiger partial charge in [-0.3, -0.25) is 9.10 Å². The van der Waals surface area contributed by atoms with Crippen LogP contribution in [-0.2, 0) is 21.2 Å². The average Bonchev–Trinajstić information content (AvgIpc) is 2.69. The molecule has 0 bridgehead atoms. The van der Waals surface area contributed by atoms with Crippen molar-refractivity contribution < 1.29 is 17.9 Å². The summed E-state index contributed by atoms with van der Waals surface area (Å²) in [4.78, 5) is 12.2. The zero-order chi connectivity index (χ0) is 21.3. The van der Waals surface area contributed by atoms with Crippen molar-refractivity contribution in [2.24, 2.45) is 0 Å². The van der Waals surface area contributed by atoms with Gasteiger partial charge in [0, 0.05) is 24.7 Å². The van der Waals surface area contributed by atoms with E-state index in [1.807, 2.05) is 24.3 Å². The number of hydrogen-bond donors (Lipinski definition) is 1. The number of nitrogens with zero attached hydrogens (tertiary/aromatic N) is 1. The second-order valence-electron chi connectivity index (χ2n) is 6.99. The van der Waals surface area contributed by atoms with E-state index >= 15 is 0 Å². The minimum atomic E-state index is -3.47. The highest BCUT2D eigenvalue weighted by Crippen LogP contribution is 2.23. The molecule has 158 valence electrons. The first-order valence-corrected chi connectivity index (χ1v) is 11.7. The van der Waals surface area contributed by atoms with Crippen LogP contribution in [0.15, 0.2) is 48.5 Å². The molecule has 0 radical (unpaired) electrons. The van der Waals surface area contributed by atoms with Crippen molar-refractivity contribution in [2.45, 2.75) is 39.0 Å². The third kappa shape index (κ3) is 7.42. The molecule has 7 heteroatoms. The second-order valence-corrected chi connectivity index (χ2v) is 8.90. The molecular formula is C22H30N2O4S. The SMILES string of the molecule is CCCCc1ccc(NC(=O)CCCN(c2cccc(OC)c2)S(C)(=O)=O)cc1. The van der Waals surface area contributed by atoms with Crippen LogP contribution < -0.4 is 14.4 Å². The summed E-state index contributed by atoms with van der Waals surface area (Å²) in [5.41, 5.74) is 2.53. The molecule has 0 saturated carbocycles. The highest BCUT2D eigenvalue weighted by Gasteiger charge is 2.18. The summed E-state index contributed by atoms with van der Waals surface area (Å²) >= 11 is 0. The molecule has 0 aliphatic rings. The lowest BCUT2D eigenvalue weighted by atomic mass is 10.1. The molecule has 0 spiro atoms. The van der Waals surface area contributed by atoms with Crippen molar-refractivity contribution >= 4 is 27.3 Å². The number of nitrogens with one attached hydrogen (secondary N) is 1. The number of benzene rings is 2. The fraction of sp³-hybridized carbons (Fsp3) is 0.409. The van der Waals surface area contributed by atoms with Gasteiger partial charge < -0.3 is 10.1 Å². The Morgan fingerprint density at radius 3 is 2.45 bits per heavy atom. The lowest BCUT2D eigenvalue weighted by Crippen LogP contribution is -2.31. The molecule has 0 aliphatic carbocycles. The summed E-state index contributed by atoms with van der Waals surface area (Å²) in [7, 11) is -1.93. The first-order valence-electron chi connectivity index (χ1n) is 9.84. The van der Waals surface area contributed by atoms with Crippen LogP contribution in [0.3, 0.4) is 0 Å². The third-order valence-electron chi connectivity index (χ3n) is 4.56. The van der Waals surface area contributed by atoms with Crippen LogP contribution in [0.4, 0.5) is 11.4 Å². The third-order valence-corrected chi connectivity index (χ3v) is 5.76. The standard InChI is InChI=1S/C22H30N2O4S/c1-4-5-8-18-12-14-19(15-13-18)23-22(25)11-7-16-24(29(3,26)27)20-9-6-10-21(17-20)28-2/h6,9-10,12-15,17H,4-5,7-8,11,16H2,1-3H3,(H,23,25). The number of anilines is 2. The first-order chi connectivity index (χ1) is 13.8. The Bertz CT molecular complexity index is 895. The predicted octanol–water partition coefficient (Wildman–Crippen LogP) is 4.22. The smallest absolute Gasteiger partial charge is 0.232 e. The van der Waals surface area contributed by atoms with E-state index in [1.165, 1.54) is 17.0 Å². The molecule has 0 aliphatic heterocycles. The van der Waals surface area contributed by atoms with Gasteiger partial charge in [0.05, 0.1) is 19.1 Å². The fourth-order valence-electron chi connectivity index (χ4n) is 2.99. The number of amides is 1. The molecule has 0 saturated heterocycles. The monoisotopic (exact) mass is 418 g/mol. The summed E-state index contributed by atoms with van der Waals surface area (Å²) in [5.74, 6) is 0.446. The lowest BCUT2D eigenvalue weighted by Gasteiger charge is -2.22. The molecule has 2 aromatic rings. The van der Waals surface area contributed by atoms with E-state index in [1.54, 1.807) is 24.3 Å². The number of ether oxygens (including phenoxy) is 1. The summed E-state index contributed by atoms with van der Waals surface area (Å²) in [6, 6.07) is 14.7. The maximum absolute atomic E-state index is 12.2. The predicted molar refractivity (Wildman–Crippen MR) is 118 cm³/mol. The molecule has 0 heterocycles. The number of rotatable bonds is 11. The molecular weight excluding hydrogens is 388 g/mol. The fourth-order valence-corrected chi connectivity index (χ4v) is 3.95. The van der Waals surface area contributed by atoms with E-state index in [0.29, 0.717) is 17.9 Å². The number of carbonyl (C=O) groups is 1. The maximum Gasteiger partial charge on any atom is 0.232 e. The molecule has 0 unspecified atom stereocenters. The molecule has 2 aromatic carbocycles. The van der Waals surface area contributed by atoms with Crippen molar-refractivity contribution in [1.29, 1.82) is 0 Å². The van der Waals surface area contributed by atoms with Gasteiger partial charge in [0.2, 0.25) is 15.9 Å². The second kappa shape index (κ2) is 10.9. The summed E-state index contributed by atoms with van der Waals surface area (Å²) < 4.78 is 30.8. The van der Waals surface area contributed by atoms with Crippen LogP contribution in [0.1, 0.15) is 38.2 Å². The van der Waals surface area contributed by atoms with Crippen LogP contribution in [0.2, 0.25) is 0 Å². The molecule has 0 aromatic heterocycles. The maximum atomic E-state index is 12.2. The van der Waals surface area contributed by atoms with E-state index in [0.717, 1.165) is 31.2 Å². The topological polar surface area (TPSA) is 75.7 Å². The van der Waals surface area contributed by atoms with Crippen LogP contribution in [0.5, 0.6) is 5.75 Å². The molecule has 1 N–H and O–H groups in total. The van der Waals surface area contributed by atoms with Crippen LogP contribution in [-0.4, -0.2) is 34.2 Å². The Morgan fingerprint density at radius 1 is 1.10 bits per heavy atom. The summed E-state index contributed by atoms with van der Waals surface area (Å²) in [6.07, 6.45) is 5.13. The van der Waals surface area contributed by atoms with Gasteiger partial charge in [-0.15, -0.1) is 0 Å². The zero-order valence-corrected chi connectivity index (χ0v) is 18.2. The van der Waals surface area contributed by atoms with Crippen LogP contribution in [0.25, 0.3) is 0 Å². The summed E-state index contributed by atoms with van der Waals surface area (Å²) in [5, 5.41) is 2.87. The molecule has 2 rings (SSSR count). The Morgan fingerprint density at radius 2 is 1.83 bits per heavy atom. The van der Waals surface area contributed by atoms with Gasteiger partial charge >= 0.3 is 0 Å². The van der Waals surface area contributed by atoms with Gasteiger partial charge in [0.25, 0.3) is 0 Å². The number of sulfonamides is 1. The Balaban J connectivity index is 1.91. The molecule has 0 fully saturated rings. The van der Waals surface area contributed by atoms with E-state index in [-0.39, 0.29) is 18.9 Å². The Kier molecular flexibility index (Phi) is 8.51. The van der Waals surface area contributed by atoms with Crippen molar-refractivity contribution in [3.05, 3.63) is 54.1 Å². The van der Waals surface area contributed by atoms with E-state index in [4.69, 9.17) is 4.74 Å². The minimum Gasteiger partial charge on any atom is -0.497 e. The molecule has 6 nitrogen and oxygen atoms in total. The molecule has 29 heavy (non-hydrogen) atoms. The normalized spacial score (nSPS) is 11.1. The van der Waals surface area contributed by atoms with E-state index in [9.17, 15) is 13.2 Å². The van der Waals surface area contributed by atoms with Gasteiger partial charge in [-0.1, -0.05) is 31.5 Å².